The lowest BCUT2D eigenvalue weighted by Crippen LogP contribution is -2.27. The first-order valence-electron chi connectivity index (χ1n) is 7.82. The molecule has 0 aromatic heterocycles. The van der Waals surface area contributed by atoms with E-state index in [1.54, 1.807) is 32.1 Å². The average molecular weight is 400 g/mol. The van der Waals surface area contributed by atoms with Crippen molar-refractivity contribution in [3.05, 3.63) is 27.6 Å². The number of methoxy groups -OCH3 is 1. The van der Waals surface area contributed by atoms with Gasteiger partial charge in [-0.05, 0) is 49.4 Å². The largest absolute Gasteiger partial charge is 0.490 e. The van der Waals surface area contributed by atoms with Gasteiger partial charge in [0.1, 0.15) is 0 Å². The summed E-state index contributed by atoms with van der Waals surface area (Å²) in [5.41, 5.74) is 0.575. The summed E-state index contributed by atoms with van der Waals surface area (Å²) in [6.45, 7) is 3.87. The Morgan fingerprint density at radius 3 is 2.58 bits per heavy atom. The number of rotatable bonds is 7. The highest BCUT2D eigenvalue weighted by Gasteiger charge is 2.33. The molecule has 1 saturated heterocycles. The number of imide groups is 1. The van der Waals surface area contributed by atoms with Gasteiger partial charge in [-0.2, -0.15) is 0 Å². The molecule has 0 unspecified atom stereocenters. The average Bonchev–Trinajstić information content (AvgIpc) is 2.87. The summed E-state index contributed by atoms with van der Waals surface area (Å²) in [5.74, 6) is -0.369. The zero-order valence-corrected chi connectivity index (χ0v) is 16.1. The normalized spacial score (nSPS) is 15.5. The summed E-state index contributed by atoms with van der Waals surface area (Å²) >= 11 is 7.12. The highest BCUT2D eigenvalue weighted by atomic mass is 35.5. The molecule has 1 aliphatic rings. The van der Waals surface area contributed by atoms with E-state index in [0.29, 0.717) is 29.4 Å². The Balaban J connectivity index is 2.33. The molecule has 1 heterocycles. The number of amides is 2. The van der Waals surface area contributed by atoms with Gasteiger partial charge >= 0.3 is 5.97 Å². The van der Waals surface area contributed by atoms with Crippen LogP contribution in [0.3, 0.4) is 0 Å². The number of esters is 1. The lowest BCUT2D eigenvalue weighted by molar-refractivity contribution is -0.142. The number of benzene rings is 1. The second-order valence-corrected chi connectivity index (χ2v) is 6.45. The molecule has 9 heteroatoms. The van der Waals surface area contributed by atoms with E-state index in [2.05, 4.69) is 4.74 Å². The minimum atomic E-state index is -0.555. The predicted octanol–water partition coefficient (Wildman–Crippen LogP) is 3.35. The Bertz CT molecular complexity index is 764. The van der Waals surface area contributed by atoms with Crippen LogP contribution in [0, 0.1) is 0 Å². The Labute approximate surface area is 160 Å². The van der Waals surface area contributed by atoms with Crippen molar-refractivity contribution in [3.63, 3.8) is 0 Å². The minimum Gasteiger partial charge on any atom is -0.490 e. The van der Waals surface area contributed by atoms with Gasteiger partial charge in [-0.25, -0.2) is 4.79 Å². The standard InChI is InChI=1S/C17H18ClNO6S/c1-4-19-16(21)13(26-17(19)22)8-10-6-11(18)15(12(7-10)24-5-2)25-9-14(20)23-3/h6-8H,4-5,9H2,1-3H3/b13-8+. The van der Waals surface area contributed by atoms with Gasteiger partial charge in [0.05, 0.1) is 23.6 Å². The van der Waals surface area contributed by atoms with Crippen LogP contribution in [-0.4, -0.2) is 48.9 Å². The molecule has 26 heavy (non-hydrogen) atoms. The van der Waals surface area contributed by atoms with Crippen LogP contribution in [0.1, 0.15) is 19.4 Å². The molecule has 0 saturated carbocycles. The smallest absolute Gasteiger partial charge is 0.343 e. The Morgan fingerprint density at radius 1 is 1.27 bits per heavy atom. The van der Waals surface area contributed by atoms with E-state index in [0.717, 1.165) is 16.7 Å². The summed E-state index contributed by atoms with van der Waals surface area (Å²) in [4.78, 5) is 36.7. The molecule has 1 fully saturated rings. The summed E-state index contributed by atoms with van der Waals surface area (Å²) in [5, 5.41) is -0.0984. The number of carbonyl (C=O) groups excluding carboxylic acids is 3. The van der Waals surface area contributed by atoms with E-state index < -0.39 is 5.97 Å². The zero-order chi connectivity index (χ0) is 19.3. The SMILES string of the molecule is CCOc1cc(/C=C2/SC(=O)N(CC)C2=O)cc(Cl)c1OCC(=O)OC. The fraction of sp³-hybridized carbons (Fsp3) is 0.353. The number of likely N-dealkylation sites (N-methyl/N-ethyl adjacent to an activating group) is 1. The number of ether oxygens (including phenoxy) is 3. The van der Waals surface area contributed by atoms with Crippen LogP contribution in [0.2, 0.25) is 5.02 Å². The third-order valence-electron chi connectivity index (χ3n) is 3.38. The zero-order valence-electron chi connectivity index (χ0n) is 14.5. The van der Waals surface area contributed by atoms with Crippen molar-refractivity contribution in [2.75, 3.05) is 26.9 Å². The molecule has 1 aromatic carbocycles. The maximum atomic E-state index is 12.2. The molecule has 2 rings (SSSR count). The third-order valence-corrected chi connectivity index (χ3v) is 4.57. The molecule has 1 aliphatic heterocycles. The van der Waals surface area contributed by atoms with Crippen molar-refractivity contribution in [3.8, 4) is 11.5 Å². The number of halogens is 1. The Kier molecular flexibility index (Phi) is 6.93. The van der Waals surface area contributed by atoms with Crippen molar-refractivity contribution in [1.82, 2.24) is 4.90 Å². The van der Waals surface area contributed by atoms with Crippen LogP contribution in [0.25, 0.3) is 6.08 Å². The monoisotopic (exact) mass is 399 g/mol. The first-order chi connectivity index (χ1) is 12.4. The molecule has 2 amide bonds. The summed E-state index contributed by atoms with van der Waals surface area (Å²) in [6.07, 6.45) is 1.57. The highest BCUT2D eigenvalue weighted by Crippen LogP contribution is 2.39. The molecule has 0 atom stereocenters. The van der Waals surface area contributed by atoms with E-state index in [1.807, 2.05) is 0 Å². The van der Waals surface area contributed by atoms with Gasteiger partial charge in [0.2, 0.25) is 0 Å². The Hall–Kier alpha value is -2.19. The van der Waals surface area contributed by atoms with Crippen LogP contribution in [0.15, 0.2) is 17.0 Å². The maximum absolute atomic E-state index is 12.2. The molecule has 140 valence electrons. The fourth-order valence-electron chi connectivity index (χ4n) is 2.19. The van der Waals surface area contributed by atoms with Crippen LogP contribution in [0.5, 0.6) is 11.5 Å². The molecular weight excluding hydrogens is 382 g/mol. The lowest BCUT2D eigenvalue weighted by atomic mass is 10.1. The lowest BCUT2D eigenvalue weighted by Gasteiger charge is -2.14. The van der Waals surface area contributed by atoms with Gasteiger partial charge in [0.25, 0.3) is 11.1 Å². The van der Waals surface area contributed by atoms with Crippen LogP contribution in [0.4, 0.5) is 4.79 Å². The van der Waals surface area contributed by atoms with Crippen molar-refractivity contribution in [2.45, 2.75) is 13.8 Å². The van der Waals surface area contributed by atoms with Gasteiger partial charge in [-0.1, -0.05) is 11.6 Å². The molecule has 0 spiro atoms. The van der Waals surface area contributed by atoms with Crippen LogP contribution < -0.4 is 9.47 Å². The van der Waals surface area contributed by atoms with Crippen LogP contribution >= 0.6 is 23.4 Å². The fourth-order valence-corrected chi connectivity index (χ4v) is 3.36. The van der Waals surface area contributed by atoms with Crippen molar-refractivity contribution in [1.29, 1.82) is 0 Å². The van der Waals surface area contributed by atoms with Gasteiger partial charge < -0.3 is 14.2 Å². The number of hydrogen-bond donors (Lipinski definition) is 0. The number of thioether (sulfide) groups is 1. The summed E-state index contributed by atoms with van der Waals surface area (Å²) in [7, 11) is 1.25. The molecule has 0 bridgehead atoms. The number of hydrogen-bond acceptors (Lipinski definition) is 7. The molecule has 0 aliphatic carbocycles. The van der Waals surface area contributed by atoms with Gasteiger partial charge in [0, 0.05) is 6.54 Å². The minimum absolute atomic E-state index is 0.206. The highest BCUT2D eigenvalue weighted by molar-refractivity contribution is 8.18. The predicted molar refractivity (Wildman–Crippen MR) is 98.5 cm³/mol. The van der Waals surface area contributed by atoms with E-state index >= 15 is 0 Å². The number of carbonyl (C=O) groups is 3. The topological polar surface area (TPSA) is 82.1 Å². The first-order valence-corrected chi connectivity index (χ1v) is 9.02. The summed E-state index contributed by atoms with van der Waals surface area (Å²) in [6, 6.07) is 3.19. The quantitative estimate of drug-likeness (QED) is 0.513. The van der Waals surface area contributed by atoms with E-state index in [-0.39, 0.29) is 28.5 Å². The van der Waals surface area contributed by atoms with E-state index in [4.69, 9.17) is 21.1 Å². The molecular formula is C17H18ClNO6S. The van der Waals surface area contributed by atoms with E-state index in [9.17, 15) is 14.4 Å². The number of nitrogens with zero attached hydrogens (tertiary/aromatic N) is 1. The van der Waals surface area contributed by atoms with E-state index in [1.165, 1.54) is 7.11 Å². The molecule has 7 nitrogen and oxygen atoms in total. The second kappa shape index (κ2) is 8.95. The van der Waals surface area contributed by atoms with Crippen molar-refractivity contribution in [2.24, 2.45) is 0 Å². The Morgan fingerprint density at radius 2 is 2.00 bits per heavy atom. The summed E-state index contributed by atoms with van der Waals surface area (Å²) < 4.78 is 15.4. The van der Waals surface area contributed by atoms with Crippen LogP contribution in [-0.2, 0) is 14.3 Å². The first kappa shape index (κ1) is 20.1. The second-order valence-electron chi connectivity index (χ2n) is 5.05. The molecule has 0 radical (unpaired) electrons. The maximum Gasteiger partial charge on any atom is 0.343 e. The third kappa shape index (κ3) is 4.50. The molecule has 1 aromatic rings. The van der Waals surface area contributed by atoms with Gasteiger partial charge in [-0.3, -0.25) is 14.5 Å². The van der Waals surface area contributed by atoms with Crippen molar-refractivity contribution < 1.29 is 28.6 Å². The van der Waals surface area contributed by atoms with Gasteiger partial charge in [-0.15, -0.1) is 0 Å². The van der Waals surface area contributed by atoms with Crippen molar-refractivity contribution >= 4 is 46.6 Å². The van der Waals surface area contributed by atoms with Gasteiger partial charge in [0.15, 0.2) is 18.1 Å². The molecule has 0 N–H and O–H groups in total.